The lowest BCUT2D eigenvalue weighted by Gasteiger charge is -2.04. The fourth-order valence-corrected chi connectivity index (χ4v) is 2.94. The van der Waals surface area contributed by atoms with Crippen LogP contribution in [0, 0.1) is 6.92 Å². The first-order chi connectivity index (χ1) is 8.81. The monoisotopic (exact) mass is 285 g/mol. The third kappa shape index (κ3) is 2.58. The number of aromatic nitrogens is 5. The zero-order valence-electron chi connectivity index (χ0n) is 10.8. The number of nitrogens with zero attached hydrogens (tertiary/aromatic N) is 5. The van der Waals surface area contributed by atoms with Crippen LogP contribution in [0.15, 0.2) is 11.2 Å². The minimum atomic E-state index is -3.74. The lowest BCUT2D eigenvalue weighted by molar-refractivity contribution is 0.578. The molecule has 0 aliphatic carbocycles. The second-order valence-electron chi connectivity index (χ2n) is 4.08. The van der Waals surface area contributed by atoms with Gasteiger partial charge in [-0.3, -0.25) is 9.36 Å². The average Bonchev–Trinajstić information content (AvgIpc) is 2.82. The Morgan fingerprint density at radius 2 is 2.05 bits per heavy atom. The van der Waals surface area contributed by atoms with Crippen LogP contribution in [0.1, 0.15) is 11.5 Å². The molecule has 0 amide bonds. The van der Waals surface area contributed by atoms with Crippen molar-refractivity contribution in [3.8, 4) is 0 Å². The number of hydrogen-bond donors (Lipinski definition) is 2. The maximum absolute atomic E-state index is 12.2. The van der Waals surface area contributed by atoms with Crippen LogP contribution in [0.5, 0.6) is 0 Å². The topological polar surface area (TPSA) is 121 Å². The minimum Gasteiger partial charge on any atom is -0.381 e. The molecule has 0 spiro atoms. The molecule has 0 radical (unpaired) electrons. The van der Waals surface area contributed by atoms with Crippen molar-refractivity contribution in [3.05, 3.63) is 17.8 Å². The van der Waals surface area contributed by atoms with Gasteiger partial charge in [-0.2, -0.15) is 10.2 Å². The van der Waals surface area contributed by atoms with Crippen LogP contribution in [-0.2, 0) is 30.7 Å². The van der Waals surface area contributed by atoms with Crippen LogP contribution in [-0.4, -0.2) is 33.0 Å². The van der Waals surface area contributed by atoms with E-state index in [1.165, 1.54) is 15.7 Å². The summed E-state index contributed by atoms with van der Waals surface area (Å²) < 4.78 is 29.6. The second kappa shape index (κ2) is 4.63. The van der Waals surface area contributed by atoms with Crippen molar-refractivity contribution in [3.63, 3.8) is 0 Å². The molecular weight excluding hydrogens is 270 g/mol. The van der Waals surface area contributed by atoms with Crippen LogP contribution < -0.4 is 10.5 Å². The van der Waals surface area contributed by atoms with Crippen LogP contribution in [0.3, 0.4) is 0 Å². The van der Waals surface area contributed by atoms with Gasteiger partial charge in [0.05, 0.1) is 12.2 Å². The largest absolute Gasteiger partial charge is 0.381 e. The standard InChI is InChI=1S/C9H15N7O2S/c1-6-8(9(10)14-16(6)3)19(17,18)12-4-7-11-5-15(2)13-7/h5,12H,4H2,1-3H3,(H2,10,14). The van der Waals surface area contributed by atoms with E-state index >= 15 is 0 Å². The van der Waals surface area contributed by atoms with Gasteiger partial charge in [-0.05, 0) is 6.92 Å². The molecular formula is C9H15N7O2S. The van der Waals surface area contributed by atoms with E-state index in [1.807, 2.05) is 0 Å². The molecule has 0 aromatic carbocycles. The molecule has 0 aliphatic rings. The van der Waals surface area contributed by atoms with Gasteiger partial charge in [0.25, 0.3) is 0 Å². The number of nitrogens with one attached hydrogen (secondary N) is 1. The average molecular weight is 285 g/mol. The van der Waals surface area contributed by atoms with E-state index in [4.69, 9.17) is 5.73 Å². The molecule has 0 aliphatic heterocycles. The van der Waals surface area contributed by atoms with Gasteiger partial charge in [0.1, 0.15) is 11.2 Å². The Morgan fingerprint density at radius 1 is 1.37 bits per heavy atom. The molecule has 2 rings (SSSR count). The first-order valence-corrected chi connectivity index (χ1v) is 6.93. The van der Waals surface area contributed by atoms with Gasteiger partial charge >= 0.3 is 0 Å². The van der Waals surface area contributed by atoms with Crippen molar-refractivity contribution >= 4 is 15.8 Å². The van der Waals surface area contributed by atoms with Crippen molar-refractivity contribution in [1.82, 2.24) is 29.3 Å². The molecule has 19 heavy (non-hydrogen) atoms. The van der Waals surface area contributed by atoms with Gasteiger partial charge in [0, 0.05) is 14.1 Å². The minimum absolute atomic E-state index is 0.00303. The molecule has 2 aromatic heterocycles. The summed E-state index contributed by atoms with van der Waals surface area (Å²) in [6.45, 7) is 1.63. The lowest BCUT2D eigenvalue weighted by atomic mass is 10.5. The van der Waals surface area contributed by atoms with Crippen molar-refractivity contribution in [2.24, 2.45) is 14.1 Å². The maximum Gasteiger partial charge on any atom is 0.246 e. The zero-order valence-corrected chi connectivity index (χ0v) is 11.6. The predicted octanol–water partition coefficient (Wildman–Crippen LogP) is -1.08. The zero-order chi connectivity index (χ0) is 14.2. The molecule has 104 valence electrons. The maximum atomic E-state index is 12.2. The third-order valence-electron chi connectivity index (χ3n) is 2.64. The number of hydrogen-bond acceptors (Lipinski definition) is 6. The summed E-state index contributed by atoms with van der Waals surface area (Å²) >= 11 is 0. The highest BCUT2D eigenvalue weighted by Gasteiger charge is 2.24. The summed E-state index contributed by atoms with van der Waals surface area (Å²) in [5.41, 5.74) is 6.09. The van der Waals surface area contributed by atoms with E-state index in [1.54, 1.807) is 21.0 Å². The van der Waals surface area contributed by atoms with Crippen LogP contribution in [0.25, 0.3) is 0 Å². The molecule has 2 aromatic rings. The Labute approximate surface area is 110 Å². The number of rotatable bonds is 4. The second-order valence-corrected chi connectivity index (χ2v) is 5.79. The summed E-state index contributed by atoms with van der Waals surface area (Å²) in [6, 6.07) is 0. The Morgan fingerprint density at radius 3 is 2.53 bits per heavy atom. The molecule has 0 fully saturated rings. The van der Waals surface area contributed by atoms with E-state index in [9.17, 15) is 8.42 Å². The Hall–Kier alpha value is -1.94. The summed E-state index contributed by atoms with van der Waals surface area (Å²) in [4.78, 5) is 3.93. The molecule has 0 unspecified atom stereocenters. The Kier molecular flexibility index (Phi) is 3.28. The highest BCUT2D eigenvalue weighted by atomic mass is 32.2. The van der Waals surface area contributed by atoms with E-state index in [2.05, 4.69) is 19.9 Å². The number of aryl methyl sites for hydroxylation is 2. The van der Waals surface area contributed by atoms with E-state index in [0.29, 0.717) is 11.5 Å². The molecule has 10 heteroatoms. The number of nitrogens with two attached hydrogens (primary N) is 1. The Bertz CT molecular complexity index is 700. The molecule has 3 N–H and O–H groups in total. The van der Waals surface area contributed by atoms with Gasteiger partial charge in [0.2, 0.25) is 10.0 Å². The predicted molar refractivity (Wildman–Crippen MR) is 67.4 cm³/mol. The van der Waals surface area contributed by atoms with Crippen molar-refractivity contribution in [2.45, 2.75) is 18.4 Å². The van der Waals surface area contributed by atoms with Gasteiger partial charge in [-0.1, -0.05) is 0 Å². The lowest BCUT2D eigenvalue weighted by Crippen LogP contribution is -2.25. The Balaban J connectivity index is 2.23. The van der Waals surface area contributed by atoms with Crippen LogP contribution >= 0.6 is 0 Å². The van der Waals surface area contributed by atoms with Crippen LogP contribution in [0.4, 0.5) is 5.82 Å². The number of sulfonamides is 1. The van der Waals surface area contributed by atoms with E-state index in [-0.39, 0.29) is 17.3 Å². The quantitative estimate of drug-likeness (QED) is 0.737. The molecule has 0 bridgehead atoms. The fourth-order valence-electron chi connectivity index (χ4n) is 1.64. The molecule has 9 nitrogen and oxygen atoms in total. The van der Waals surface area contributed by atoms with Gasteiger partial charge in [-0.25, -0.2) is 18.1 Å². The summed E-state index contributed by atoms with van der Waals surface area (Å²) in [5, 5.41) is 7.86. The number of anilines is 1. The molecule has 0 saturated carbocycles. The van der Waals surface area contributed by atoms with Crippen molar-refractivity contribution in [1.29, 1.82) is 0 Å². The van der Waals surface area contributed by atoms with Crippen molar-refractivity contribution < 1.29 is 8.42 Å². The molecule has 2 heterocycles. The van der Waals surface area contributed by atoms with Gasteiger partial charge in [-0.15, -0.1) is 0 Å². The third-order valence-corrected chi connectivity index (χ3v) is 4.21. The molecule has 0 saturated heterocycles. The first-order valence-electron chi connectivity index (χ1n) is 5.44. The van der Waals surface area contributed by atoms with Crippen LogP contribution in [0.2, 0.25) is 0 Å². The number of nitrogen functional groups attached to an aromatic ring is 1. The first kappa shape index (κ1) is 13.5. The summed E-state index contributed by atoms with van der Waals surface area (Å²) in [5.74, 6) is 0.354. The highest BCUT2D eigenvalue weighted by Crippen LogP contribution is 2.20. The SMILES string of the molecule is Cc1c(S(=O)(=O)NCc2ncn(C)n2)c(N)nn1C. The van der Waals surface area contributed by atoms with E-state index in [0.717, 1.165) is 0 Å². The smallest absolute Gasteiger partial charge is 0.246 e. The normalized spacial score (nSPS) is 11.9. The summed E-state index contributed by atoms with van der Waals surface area (Å²) in [6.07, 6.45) is 1.49. The van der Waals surface area contributed by atoms with Gasteiger partial charge in [0.15, 0.2) is 11.6 Å². The fraction of sp³-hybridized carbons (Fsp3) is 0.444. The van der Waals surface area contributed by atoms with Crippen molar-refractivity contribution in [2.75, 3.05) is 5.73 Å². The molecule has 0 atom stereocenters. The summed E-state index contributed by atoms with van der Waals surface area (Å²) in [7, 11) is -0.405. The van der Waals surface area contributed by atoms with E-state index < -0.39 is 10.0 Å². The van der Waals surface area contributed by atoms with Gasteiger partial charge < -0.3 is 5.73 Å². The highest BCUT2D eigenvalue weighted by molar-refractivity contribution is 7.89.